The fourth-order valence-electron chi connectivity index (χ4n) is 3.95. The third-order valence-electron chi connectivity index (χ3n) is 5.62. The van der Waals surface area contributed by atoms with Gasteiger partial charge in [-0.1, -0.05) is 18.2 Å². The van der Waals surface area contributed by atoms with Gasteiger partial charge in [0.1, 0.15) is 10.6 Å². The number of hydrogen-bond acceptors (Lipinski definition) is 6. The Balaban J connectivity index is 1.52. The molecule has 2 aliphatic heterocycles. The predicted molar refractivity (Wildman–Crippen MR) is 117 cm³/mol. The molecule has 1 unspecified atom stereocenters. The number of carbonyl (C=O) groups excluding carboxylic acids is 1. The number of benzene rings is 2. The molecule has 2 aliphatic rings. The molecule has 2 heterocycles. The van der Waals surface area contributed by atoms with Gasteiger partial charge in [-0.3, -0.25) is 4.79 Å². The number of nitrogens with one attached hydrogen (secondary N) is 1. The Morgan fingerprint density at radius 2 is 1.84 bits per heavy atom. The summed E-state index contributed by atoms with van der Waals surface area (Å²) in [6.07, 6.45) is 0.829. The lowest BCUT2D eigenvalue weighted by Gasteiger charge is -2.27. The third-order valence-corrected chi connectivity index (χ3v) is 7.54. The molecule has 31 heavy (non-hydrogen) atoms. The average Bonchev–Trinajstić information content (AvgIpc) is 3.28. The Kier molecular flexibility index (Phi) is 6.45. The molecule has 0 aliphatic carbocycles. The zero-order valence-electron chi connectivity index (χ0n) is 17.5. The fourth-order valence-corrected chi connectivity index (χ4v) is 5.54. The number of likely N-dealkylation sites (tertiary alicyclic amines) is 1. The topological polar surface area (TPSA) is 88.2 Å². The van der Waals surface area contributed by atoms with Gasteiger partial charge in [-0.2, -0.15) is 4.31 Å². The van der Waals surface area contributed by atoms with Crippen molar-refractivity contribution in [2.75, 3.05) is 51.8 Å². The molecule has 1 amide bonds. The maximum Gasteiger partial charge on any atom is 0.253 e. The molecule has 2 aromatic carbocycles. The Hall–Kier alpha value is -2.62. The lowest BCUT2D eigenvalue weighted by molar-refractivity contribution is 0.0729. The fraction of sp³-hybridized carbons (Fsp3) is 0.409. The zero-order chi connectivity index (χ0) is 21.8. The molecule has 1 atom stereocenters. The first-order valence-corrected chi connectivity index (χ1v) is 11.8. The molecule has 0 saturated carbocycles. The third kappa shape index (κ3) is 4.68. The first-order valence-electron chi connectivity index (χ1n) is 10.4. The number of morpholine rings is 1. The van der Waals surface area contributed by atoms with Gasteiger partial charge in [0.2, 0.25) is 10.0 Å². The molecule has 8 nitrogen and oxygen atoms in total. The van der Waals surface area contributed by atoms with Crippen LogP contribution in [0.1, 0.15) is 16.8 Å². The van der Waals surface area contributed by atoms with Gasteiger partial charge >= 0.3 is 0 Å². The molecule has 1 N–H and O–H groups in total. The number of sulfonamides is 1. The minimum absolute atomic E-state index is 0.0147. The quantitative estimate of drug-likeness (QED) is 0.732. The molecular formula is C22H27N3O5S. The van der Waals surface area contributed by atoms with Gasteiger partial charge < -0.3 is 19.7 Å². The smallest absolute Gasteiger partial charge is 0.253 e. The second-order valence-corrected chi connectivity index (χ2v) is 9.54. The summed E-state index contributed by atoms with van der Waals surface area (Å²) in [6.45, 7) is 2.44. The van der Waals surface area contributed by atoms with E-state index >= 15 is 0 Å². The van der Waals surface area contributed by atoms with Crippen molar-refractivity contribution in [3.63, 3.8) is 0 Å². The standard InChI is InChI=1S/C22H27N3O5S/c1-29-20-8-7-17(15-21(20)31(27,28)25-11-13-30-14-12-25)22(26)24-10-9-19(16-24)23-18-5-3-2-4-6-18/h2-8,15,19,23H,9-14,16H2,1H3. The number of nitrogens with zero attached hydrogens (tertiary/aromatic N) is 2. The summed E-state index contributed by atoms with van der Waals surface area (Å²) >= 11 is 0. The summed E-state index contributed by atoms with van der Waals surface area (Å²) in [5.41, 5.74) is 1.36. The van der Waals surface area contributed by atoms with Gasteiger partial charge in [0.15, 0.2) is 0 Å². The molecular weight excluding hydrogens is 418 g/mol. The first-order chi connectivity index (χ1) is 15.0. The maximum atomic E-state index is 13.2. The zero-order valence-corrected chi connectivity index (χ0v) is 18.3. The van der Waals surface area contributed by atoms with Crippen molar-refractivity contribution in [3.05, 3.63) is 54.1 Å². The predicted octanol–water partition coefficient (Wildman–Crippen LogP) is 2.04. The Bertz CT molecular complexity index is 1020. The summed E-state index contributed by atoms with van der Waals surface area (Å²) in [6, 6.07) is 14.6. The van der Waals surface area contributed by atoms with Crippen molar-refractivity contribution >= 4 is 21.6 Å². The van der Waals surface area contributed by atoms with Crippen LogP contribution in [0.4, 0.5) is 5.69 Å². The van der Waals surface area contributed by atoms with E-state index in [0.717, 1.165) is 12.1 Å². The number of para-hydroxylation sites is 1. The monoisotopic (exact) mass is 445 g/mol. The van der Waals surface area contributed by atoms with Gasteiger partial charge in [0.05, 0.1) is 20.3 Å². The minimum atomic E-state index is -3.79. The van der Waals surface area contributed by atoms with Gasteiger partial charge in [-0.05, 0) is 36.8 Å². The minimum Gasteiger partial charge on any atom is -0.495 e. The maximum absolute atomic E-state index is 13.2. The molecule has 0 aromatic heterocycles. The summed E-state index contributed by atoms with van der Waals surface area (Å²) in [7, 11) is -2.36. The Morgan fingerprint density at radius 1 is 1.10 bits per heavy atom. The second-order valence-electron chi connectivity index (χ2n) is 7.63. The molecule has 9 heteroatoms. The van der Waals surface area contributed by atoms with E-state index in [1.165, 1.54) is 17.5 Å². The highest BCUT2D eigenvalue weighted by Gasteiger charge is 2.32. The largest absolute Gasteiger partial charge is 0.495 e. The number of amides is 1. The highest BCUT2D eigenvalue weighted by Crippen LogP contribution is 2.29. The van der Waals surface area contributed by atoms with Crippen molar-refractivity contribution in [1.29, 1.82) is 0 Å². The molecule has 4 rings (SSSR count). The summed E-state index contributed by atoms with van der Waals surface area (Å²) in [4.78, 5) is 14.9. The van der Waals surface area contributed by atoms with E-state index in [2.05, 4.69) is 5.32 Å². The van der Waals surface area contributed by atoms with Gasteiger partial charge in [0, 0.05) is 43.5 Å². The van der Waals surface area contributed by atoms with E-state index in [1.807, 2.05) is 30.3 Å². The first kappa shape index (κ1) is 21.6. The second kappa shape index (κ2) is 9.25. The van der Waals surface area contributed by atoms with Gasteiger partial charge in [-0.25, -0.2) is 8.42 Å². The number of anilines is 1. The van der Waals surface area contributed by atoms with E-state index in [1.54, 1.807) is 17.0 Å². The Labute approximate surface area is 182 Å². The normalized spacial score (nSPS) is 19.9. The van der Waals surface area contributed by atoms with E-state index in [-0.39, 0.29) is 35.7 Å². The van der Waals surface area contributed by atoms with Gasteiger partial charge in [-0.15, -0.1) is 0 Å². The Morgan fingerprint density at radius 3 is 2.55 bits per heavy atom. The number of methoxy groups -OCH3 is 1. The summed E-state index contributed by atoms with van der Waals surface area (Å²) in [5, 5.41) is 3.45. The van der Waals surface area contributed by atoms with Crippen LogP contribution in [-0.4, -0.2) is 76.1 Å². The number of hydrogen-bond donors (Lipinski definition) is 1. The number of ether oxygens (including phenoxy) is 2. The van der Waals surface area contributed by atoms with Crippen LogP contribution in [0.2, 0.25) is 0 Å². The molecule has 2 fully saturated rings. The van der Waals surface area contributed by atoms with Crippen LogP contribution in [0.15, 0.2) is 53.4 Å². The lowest BCUT2D eigenvalue weighted by atomic mass is 10.2. The lowest BCUT2D eigenvalue weighted by Crippen LogP contribution is -2.40. The van der Waals surface area contributed by atoms with Gasteiger partial charge in [0.25, 0.3) is 5.91 Å². The summed E-state index contributed by atoms with van der Waals surface area (Å²) < 4.78 is 38.3. The average molecular weight is 446 g/mol. The molecule has 2 saturated heterocycles. The van der Waals surface area contributed by atoms with Crippen molar-refractivity contribution in [3.8, 4) is 5.75 Å². The van der Waals surface area contributed by atoms with Crippen molar-refractivity contribution in [1.82, 2.24) is 9.21 Å². The molecule has 166 valence electrons. The molecule has 0 bridgehead atoms. The van der Waals surface area contributed by atoms with Crippen molar-refractivity contribution in [2.45, 2.75) is 17.4 Å². The van der Waals surface area contributed by atoms with Crippen LogP contribution in [0.25, 0.3) is 0 Å². The highest BCUT2D eigenvalue weighted by atomic mass is 32.2. The van der Waals surface area contributed by atoms with E-state index in [9.17, 15) is 13.2 Å². The van der Waals surface area contributed by atoms with Crippen molar-refractivity contribution < 1.29 is 22.7 Å². The van der Waals surface area contributed by atoms with Crippen LogP contribution in [0.3, 0.4) is 0 Å². The highest BCUT2D eigenvalue weighted by molar-refractivity contribution is 7.89. The SMILES string of the molecule is COc1ccc(C(=O)N2CCC(Nc3ccccc3)C2)cc1S(=O)(=O)N1CCOCC1. The van der Waals surface area contributed by atoms with Crippen molar-refractivity contribution in [2.24, 2.45) is 0 Å². The molecule has 2 aromatic rings. The molecule has 0 spiro atoms. The van der Waals surface area contributed by atoms with Crippen LogP contribution >= 0.6 is 0 Å². The van der Waals surface area contributed by atoms with E-state index in [0.29, 0.717) is 31.9 Å². The van der Waals surface area contributed by atoms with Crippen LogP contribution in [0.5, 0.6) is 5.75 Å². The molecule has 0 radical (unpaired) electrons. The van der Waals surface area contributed by atoms with Crippen LogP contribution in [0, 0.1) is 0 Å². The number of rotatable bonds is 6. The van der Waals surface area contributed by atoms with Crippen LogP contribution < -0.4 is 10.1 Å². The van der Waals surface area contributed by atoms with E-state index in [4.69, 9.17) is 9.47 Å². The van der Waals surface area contributed by atoms with Crippen LogP contribution in [-0.2, 0) is 14.8 Å². The number of carbonyl (C=O) groups is 1. The van der Waals surface area contributed by atoms with E-state index < -0.39 is 10.0 Å². The summed E-state index contributed by atoms with van der Waals surface area (Å²) in [5.74, 6) is 0.0477.